The fourth-order valence-corrected chi connectivity index (χ4v) is 4.22. The van der Waals surface area contributed by atoms with Crippen LogP contribution in [0, 0.1) is 18.3 Å². The van der Waals surface area contributed by atoms with Crippen LogP contribution in [0.1, 0.15) is 54.3 Å². The van der Waals surface area contributed by atoms with Crippen molar-refractivity contribution in [2.24, 2.45) is 0 Å². The Bertz CT molecular complexity index is 1210. The lowest BCUT2D eigenvalue weighted by Crippen LogP contribution is -2.42. The second-order valence-electron chi connectivity index (χ2n) is 8.33. The van der Waals surface area contributed by atoms with Crippen molar-refractivity contribution in [1.82, 2.24) is 9.78 Å². The highest BCUT2D eigenvalue weighted by Crippen LogP contribution is 2.38. The van der Waals surface area contributed by atoms with Crippen molar-refractivity contribution in [3.8, 4) is 11.8 Å². The van der Waals surface area contributed by atoms with E-state index in [1.54, 1.807) is 31.2 Å². The van der Waals surface area contributed by atoms with Crippen molar-refractivity contribution in [3.63, 3.8) is 0 Å². The van der Waals surface area contributed by atoms with Crippen molar-refractivity contribution in [2.45, 2.75) is 50.7 Å². The molecule has 0 atom stereocenters. The maximum absolute atomic E-state index is 12.7. The molecule has 1 aliphatic rings. The maximum atomic E-state index is 12.7. The lowest BCUT2D eigenvalue weighted by Gasteiger charge is -2.34. The van der Waals surface area contributed by atoms with Gasteiger partial charge in [-0.3, -0.25) is 14.7 Å². The molecule has 1 saturated carbocycles. The molecule has 0 spiro atoms. The van der Waals surface area contributed by atoms with E-state index >= 15 is 0 Å². The summed E-state index contributed by atoms with van der Waals surface area (Å²) in [4.78, 5) is 12.7. The van der Waals surface area contributed by atoms with E-state index in [1.165, 1.54) is 13.2 Å². The van der Waals surface area contributed by atoms with Crippen LogP contribution in [0.4, 0.5) is 5.69 Å². The number of hydrogen-bond acceptors (Lipinski definition) is 6. The average molecular weight is 436 g/mol. The van der Waals surface area contributed by atoms with E-state index in [2.05, 4.69) is 16.5 Å². The first-order chi connectivity index (χ1) is 15.3. The Kier molecular flexibility index (Phi) is 5.72. The van der Waals surface area contributed by atoms with Crippen LogP contribution in [-0.2, 0) is 0 Å². The Balaban J connectivity index is 1.58. The summed E-state index contributed by atoms with van der Waals surface area (Å²) in [6, 6.07) is 10.7. The third-order valence-corrected chi connectivity index (χ3v) is 6.15. The minimum atomic E-state index is -0.905. The molecule has 0 aliphatic heterocycles. The number of aliphatic hydroxyl groups is 1. The Morgan fingerprint density at radius 1 is 1.41 bits per heavy atom. The number of benzene rings is 1. The number of nitrogens with zero attached hydrogens (tertiary/aromatic N) is 4. The van der Waals surface area contributed by atoms with Crippen LogP contribution in [0.3, 0.4) is 0 Å². The molecule has 2 heterocycles. The molecule has 4 rings (SSSR count). The number of pyridine rings is 1. The quantitative estimate of drug-likeness (QED) is 0.417. The third kappa shape index (κ3) is 4.09. The van der Waals surface area contributed by atoms with Crippen LogP contribution < -0.4 is 14.8 Å². The number of fused-ring (bicyclic) bond motifs is 1. The number of nitriles is 1. The van der Waals surface area contributed by atoms with Crippen LogP contribution in [0.2, 0.25) is 0 Å². The Morgan fingerprint density at radius 2 is 2.16 bits per heavy atom. The van der Waals surface area contributed by atoms with E-state index in [9.17, 15) is 15.1 Å². The van der Waals surface area contributed by atoms with Gasteiger partial charge < -0.3 is 15.2 Å². The molecule has 9 heteroatoms. The highest BCUT2D eigenvalue weighted by molar-refractivity contribution is 6.04. The number of anilines is 1. The van der Waals surface area contributed by atoms with Crippen LogP contribution in [0.25, 0.3) is 10.9 Å². The molecule has 1 aromatic carbocycles. The highest BCUT2D eigenvalue weighted by Gasteiger charge is 2.34. The fraction of sp³-hybridized carbons (Fsp3) is 0.391. The van der Waals surface area contributed by atoms with Crippen molar-refractivity contribution in [2.75, 3.05) is 12.4 Å². The van der Waals surface area contributed by atoms with Gasteiger partial charge in [-0.15, -0.1) is 0 Å². The standard InChI is InChI=1S/C23H25N5O4/c1-15-4-3-5-20(28(15)31)22(29)25-19-12-16-14-27(26-18(16)13-21(19)32-2)17-6-8-23(30,9-7-17)10-11-24/h3-5,12-14,17,30H,6-10H2,1-2H3,(H-,25,29,31)/p+1. The molecule has 0 unspecified atom stereocenters. The molecule has 9 nitrogen and oxygen atoms in total. The predicted molar refractivity (Wildman–Crippen MR) is 115 cm³/mol. The first kappa shape index (κ1) is 21.6. The smallest absolute Gasteiger partial charge is 0.325 e. The van der Waals surface area contributed by atoms with Gasteiger partial charge in [0.15, 0.2) is 0 Å². The van der Waals surface area contributed by atoms with Gasteiger partial charge in [-0.1, -0.05) is 0 Å². The first-order valence-corrected chi connectivity index (χ1v) is 10.5. The lowest BCUT2D eigenvalue weighted by atomic mass is 9.80. The van der Waals surface area contributed by atoms with E-state index < -0.39 is 11.5 Å². The topological polar surface area (TPSA) is 124 Å². The molecule has 1 fully saturated rings. The summed E-state index contributed by atoms with van der Waals surface area (Å²) in [6.07, 6.45) is 4.65. The Hall–Kier alpha value is -3.64. The van der Waals surface area contributed by atoms with Gasteiger partial charge in [0.2, 0.25) is 5.69 Å². The molecule has 0 saturated heterocycles. The Morgan fingerprint density at radius 3 is 2.84 bits per heavy atom. The number of nitrogens with one attached hydrogen (secondary N) is 1. The molecule has 3 aromatic rings. The second-order valence-corrected chi connectivity index (χ2v) is 8.33. The van der Waals surface area contributed by atoms with Gasteiger partial charge in [0.1, 0.15) is 5.75 Å². The van der Waals surface area contributed by atoms with E-state index in [1.807, 2.05) is 10.9 Å². The van der Waals surface area contributed by atoms with E-state index in [0.717, 1.165) is 28.5 Å². The highest BCUT2D eigenvalue weighted by atomic mass is 16.5. The van der Waals surface area contributed by atoms with Gasteiger partial charge in [-0.05, 0) is 37.8 Å². The zero-order valence-corrected chi connectivity index (χ0v) is 18.1. The fourth-order valence-electron chi connectivity index (χ4n) is 4.22. The number of rotatable bonds is 5. The first-order valence-electron chi connectivity index (χ1n) is 10.5. The van der Waals surface area contributed by atoms with E-state index in [4.69, 9.17) is 10.00 Å². The molecule has 0 bridgehead atoms. The predicted octanol–water partition coefficient (Wildman–Crippen LogP) is 2.89. The molecule has 32 heavy (non-hydrogen) atoms. The van der Waals surface area contributed by atoms with Gasteiger partial charge in [0.05, 0.1) is 42.4 Å². The number of carbonyl (C=O) groups is 1. The normalized spacial score (nSPS) is 20.6. The average Bonchev–Trinajstić information content (AvgIpc) is 3.18. The van der Waals surface area contributed by atoms with Crippen LogP contribution in [0.15, 0.2) is 36.5 Å². The van der Waals surface area contributed by atoms with Crippen molar-refractivity contribution in [1.29, 1.82) is 5.26 Å². The molecular weight excluding hydrogens is 410 g/mol. The third-order valence-electron chi connectivity index (χ3n) is 6.15. The summed E-state index contributed by atoms with van der Waals surface area (Å²) in [6.45, 7) is 1.70. The van der Waals surface area contributed by atoms with Crippen molar-refractivity contribution < 1.29 is 24.6 Å². The summed E-state index contributed by atoms with van der Waals surface area (Å²) in [5.41, 5.74) is 0.937. The van der Waals surface area contributed by atoms with Crippen molar-refractivity contribution >= 4 is 22.5 Å². The van der Waals surface area contributed by atoms with Crippen molar-refractivity contribution in [3.05, 3.63) is 47.9 Å². The molecule has 0 radical (unpaired) electrons. The van der Waals surface area contributed by atoms with Gasteiger partial charge in [-0.2, -0.15) is 10.4 Å². The zero-order chi connectivity index (χ0) is 22.9. The number of aryl methyl sites for hydroxylation is 1. The summed E-state index contributed by atoms with van der Waals surface area (Å²) in [7, 11) is 1.52. The minimum absolute atomic E-state index is 0.106. The van der Waals surface area contributed by atoms with Gasteiger partial charge in [0, 0.05) is 41.4 Å². The van der Waals surface area contributed by atoms with Crippen LogP contribution >= 0.6 is 0 Å². The molecule has 3 N–H and O–H groups in total. The van der Waals surface area contributed by atoms with Crippen LogP contribution in [0.5, 0.6) is 5.75 Å². The molecule has 1 amide bonds. The SMILES string of the molecule is COc1cc2nn(C3CCC(O)(CC#N)CC3)cc2cc1NC(=O)c1cccc(C)[n+]1O. The number of aromatic nitrogens is 3. The number of amides is 1. The molecule has 166 valence electrons. The van der Waals surface area contributed by atoms with Gasteiger partial charge >= 0.3 is 11.6 Å². The van der Waals surface area contributed by atoms with Crippen LogP contribution in [-0.4, -0.2) is 38.7 Å². The summed E-state index contributed by atoms with van der Waals surface area (Å²) < 4.78 is 8.19. The van der Waals surface area contributed by atoms with Gasteiger partial charge in [-0.25, -0.2) is 0 Å². The molecular formula is C23H26N5O4+. The summed E-state index contributed by atoms with van der Waals surface area (Å²) in [5.74, 6) is -0.00872. The monoisotopic (exact) mass is 436 g/mol. The molecule has 2 aromatic heterocycles. The van der Waals surface area contributed by atoms with E-state index in [0.29, 0.717) is 30.0 Å². The maximum Gasteiger partial charge on any atom is 0.325 e. The van der Waals surface area contributed by atoms with E-state index in [-0.39, 0.29) is 18.2 Å². The number of methoxy groups -OCH3 is 1. The number of hydrogen-bond donors (Lipinski definition) is 3. The number of carbonyl (C=O) groups excluding carboxylic acids is 1. The largest absolute Gasteiger partial charge is 0.494 e. The summed E-state index contributed by atoms with van der Waals surface area (Å²) in [5, 5.41) is 37.8. The summed E-state index contributed by atoms with van der Waals surface area (Å²) >= 11 is 0. The Labute approximate surface area is 185 Å². The second kappa shape index (κ2) is 8.48. The number of ether oxygens (including phenoxy) is 1. The minimum Gasteiger partial charge on any atom is -0.494 e. The van der Waals surface area contributed by atoms with Gasteiger partial charge in [0.25, 0.3) is 0 Å². The zero-order valence-electron chi connectivity index (χ0n) is 18.1. The lowest BCUT2D eigenvalue weighted by molar-refractivity contribution is -0.909. The molecule has 1 aliphatic carbocycles.